The minimum atomic E-state index is -3.43. The highest BCUT2D eigenvalue weighted by Gasteiger charge is 2.30. The van der Waals surface area contributed by atoms with Crippen molar-refractivity contribution in [3.63, 3.8) is 0 Å². The first-order chi connectivity index (χ1) is 12.0. The Balaban J connectivity index is 1.54. The van der Waals surface area contributed by atoms with Crippen LogP contribution in [0.2, 0.25) is 0 Å². The average Bonchev–Trinajstić information content (AvgIpc) is 2.61. The van der Waals surface area contributed by atoms with Crippen LogP contribution in [0, 0.1) is 5.92 Å². The topological polar surface area (TPSA) is 49.9 Å². The Labute approximate surface area is 167 Å². The second-order valence-electron chi connectivity index (χ2n) is 6.66. The molecule has 2 aliphatic rings. The molecule has 3 rings (SSSR count). The summed E-state index contributed by atoms with van der Waals surface area (Å²) in [6, 6.07) is 5.21. The van der Waals surface area contributed by atoms with Gasteiger partial charge in [0.15, 0.2) is 0 Å². The van der Waals surface area contributed by atoms with Gasteiger partial charge in [-0.05, 0) is 65.9 Å². The van der Waals surface area contributed by atoms with Gasteiger partial charge in [-0.3, -0.25) is 4.90 Å². The van der Waals surface area contributed by atoms with E-state index in [1.54, 1.807) is 22.5 Å². The number of ether oxygens (including phenoxy) is 1. The van der Waals surface area contributed by atoms with E-state index in [0.717, 1.165) is 56.6 Å². The van der Waals surface area contributed by atoms with Crippen LogP contribution in [-0.2, 0) is 14.8 Å². The quantitative estimate of drug-likeness (QED) is 0.628. The number of hydrogen-bond donors (Lipinski definition) is 0. The van der Waals surface area contributed by atoms with E-state index < -0.39 is 10.0 Å². The first-order valence-electron chi connectivity index (χ1n) is 8.72. The Morgan fingerprint density at radius 2 is 1.76 bits per heavy atom. The Morgan fingerprint density at radius 1 is 1.08 bits per heavy atom. The normalized spacial score (nSPS) is 21.5. The highest BCUT2D eigenvalue weighted by atomic mass is 79.9. The van der Waals surface area contributed by atoms with Crippen LogP contribution < -0.4 is 0 Å². The predicted octanol–water partition coefficient (Wildman–Crippen LogP) is 3.33. The number of rotatable bonds is 5. The first-order valence-corrected chi connectivity index (χ1v) is 11.7. The molecular formula is C17H24Br2N2O3S. The van der Waals surface area contributed by atoms with Gasteiger partial charge in [-0.1, -0.05) is 15.9 Å². The Hall–Kier alpha value is 0.01000. The van der Waals surface area contributed by atoms with Crippen molar-refractivity contribution in [3.05, 3.63) is 27.1 Å². The molecule has 0 N–H and O–H groups in total. The lowest BCUT2D eigenvalue weighted by Gasteiger charge is -2.33. The molecular weight excluding hydrogens is 472 g/mol. The van der Waals surface area contributed by atoms with Gasteiger partial charge in [-0.15, -0.1) is 0 Å². The van der Waals surface area contributed by atoms with Crippen molar-refractivity contribution < 1.29 is 13.2 Å². The van der Waals surface area contributed by atoms with Crippen molar-refractivity contribution in [2.75, 3.05) is 45.9 Å². The molecule has 8 heteroatoms. The molecule has 1 aromatic rings. The zero-order chi connectivity index (χ0) is 17.9. The highest BCUT2D eigenvalue weighted by Crippen LogP contribution is 2.31. The van der Waals surface area contributed by atoms with Gasteiger partial charge in [0.05, 0.1) is 18.1 Å². The van der Waals surface area contributed by atoms with Crippen molar-refractivity contribution in [3.8, 4) is 0 Å². The number of morpholine rings is 1. The van der Waals surface area contributed by atoms with Gasteiger partial charge >= 0.3 is 0 Å². The lowest BCUT2D eigenvalue weighted by Crippen LogP contribution is -2.40. The molecule has 25 heavy (non-hydrogen) atoms. The van der Waals surface area contributed by atoms with Gasteiger partial charge < -0.3 is 4.74 Å². The summed E-state index contributed by atoms with van der Waals surface area (Å²) in [5.41, 5.74) is 0. The van der Waals surface area contributed by atoms with Crippen LogP contribution in [0.5, 0.6) is 0 Å². The lowest BCUT2D eigenvalue weighted by atomic mass is 9.94. The third-order valence-corrected chi connectivity index (χ3v) is 8.41. The minimum Gasteiger partial charge on any atom is -0.379 e. The number of piperidine rings is 1. The van der Waals surface area contributed by atoms with Gasteiger partial charge in [0.2, 0.25) is 10.0 Å². The van der Waals surface area contributed by atoms with E-state index in [2.05, 4.69) is 36.8 Å². The van der Waals surface area contributed by atoms with Crippen LogP contribution in [0.15, 0.2) is 32.0 Å². The van der Waals surface area contributed by atoms with Crippen molar-refractivity contribution in [2.24, 2.45) is 5.92 Å². The fraction of sp³-hybridized carbons (Fsp3) is 0.647. The second-order valence-corrected chi connectivity index (χ2v) is 10.3. The number of nitrogens with zero attached hydrogens (tertiary/aromatic N) is 2. The Bertz CT molecular complexity index is 685. The van der Waals surface area contributed by atoms with E-state index in [9.17, 15) is 8.42 Å². The van der Waals surface area contributed by atoms with Crippen LogP contribution in [0.25, 0.3) is 0 Å². The molecule has 2 fully saturated rings. The molecule has 140 valence electrons. The second kappa shape index (κ2) is 8.80. The molecule has 0 saturated carbocycles. The minimum absolute atomic E-state index is 0.350. The zero-order valence-electron chi connectivity index (χ0n) is 14.2. The molecule has 0 aliphatic carbocycles. The number of halogens is 2. The van der Waals surface area contributed by atoms with E-state index in [1.165, 1.54) is 0 Å². The summed E-state index contributed by atoms with van der Waals surface area (Å²) in [6.45, 7) is 6.02. The average molecular weight is 496 g/mol. The van der Waals surface area contributed by atoms with E-state index in [1.807, 2.05) is 0 Å². The molecule has 0 radical (unpaired) electrons. The predicted molar refractivity (Wildman–Crippen MR) is 105 cm³/mol. The van der Waals surface area contributed by atoms with E-state index in [0.29, 0.717) is 28.4 Å². The molecule has 2 aliphatic heterocycles. The van der Waals surface area contributed by atoms with Gasteiger partial charge in [0, 0.05) is 35.1 Å². The third-order valence-electron chi connectivity index (χ3n) is 5.04. The summed E-state index contributed by atoms with van der Waals surface area (Å²) in [6.07, 6.45) is 3.03. The van der Waals surface area contributed by atoms with Crippen molar-refractivity contribution in [1.82, 2.24) is 9.21 Å². The lowest BCUT2D eigenvalue weighted by molar-refractivity contribution is 0.0343. The van der Waals surface area contributed by atoms with E-state index in [4.69, 9.17) is 4.74 Å². The van der Waals surface area contributed by atoms with Gasteiger partial charge in [-0.25, -0.2) is 8.42 Å². The standard InChI is InChI=1S/C17H24Br2N2O3S/c18-15-1-2-17(16(19)13-15)25(22,23)21-7-4-14(5-8-21)3-6-20-9-11-24-12-10-20/h1-2,13-14H,3-12H2. The summed E-state index contributed by atoms with van der Waals surface area (Å²) < 4.78 is 34.3. The first kappa shape index (κ1) is 19.8. The highest BCUT2D eigenvalue weighted by molar-refractivity contribution is 9.11. The van der Waals surface area contributed by atoms with Crippen LogP contribution in [0.4, 0.5) is 0 Å². The van der Waals surface area contributed by atoms with Gasteiger partial charge in [0.1, 0.15) is 0 Å². The summed E-state index contributed by atoms with van der Waals surface area (Å²) in [4.78, 5) is 2.80. The van der Waals surface area contributed by atoms with Crippen LogP contribution >= 0.6 is 31.9 Å². The molecule has 0 amide bonds. The monoisotopic (exact) mass is 494 g/mol. The van der Waals surface area contributed by atoms with E-state index >= 15 is 0 Å². The van der Waals surface area contributed by atoms with Crippen LogP contribution in [0.1, 0.15) is 19.3 Å². The Kier molecular flexibility index (Phi) is 6.96. The molecule has 2 heterocycles. The maximum Gasteiger partial charge on any atom is 0.244 e. The molecule has 0 unspecified atom stereocenters. The van der Waals surface area contributed by atoms with Gasteiger partial charge in [-0.2, -0.15) is 4.31 Å². The SMILES string of the molecule is O=S(=O)(c1ccc(Br)cc1Br)N1CCC(CCN2CCOCC2)CC1. The fourth-order valence-electron chi connectivity index (χ4n) is 3.45. The maximum absolute atomic E-state index is 12.9. The van der Waals surface area contributed by atoms with Crippen molar-refractivity contribution in [2.45, 2.75) is 24.2 Å². The molecule has 0 atom stereocenters. The molecule has 1 aromatic carbocycles. The molecule has 5 nitrogen and oxygen atoms in total. The summed E-state index contributed by atoms with van der Waals surface area (Å²) in [5.74, 6) is 0.614. The molecule has 2 saturated heterocycles. The van der Waals surface area contributed by atoms with Crippen molar-refractivity contribution in [1.29, 1.82) is 0 Å². The third kappa shape index (κ3) is 5.05. The molecule has 0 aromatic heterocycles. The maximum atomic E-state index is 12.9. The number of hydrogen-bond acceptors (Lipinski definition) is 4. The fourth-order valence-corrected chi connectivity index (χ4v) is 6.63. The molecule has 0 spiro atoms. The summed E-state index contributed by atoms with van der Waals surface area (Å²) >= 11 is 6.75. The number of sulfonamides is 1. The van der Waals surface area contributed by atoms with Crippen molar-refractivity contribution >= 4 is 41.9 Å². The molecule has 0 bridgehead atoms. The Morgan fingerprint density at radius 3 is 2.40 bits per heavy atom. The smallest absolute Gasteiger partial charge is 0.244 e. The summed E-state index contributed by atoms with van der Waals surface area (Å²) in [7, 11) is -3.43. The van der Waals surface area contributed by atoms with Crippen LogP contribution in [0.3, 0.4) is 0 Å². The van der Waals surface area contributed by atoms with E-state index in [-0.39, 0.29) is 0 Å². The number of benzene rings is 1. The zero-order valence-corrected chi connectivity index (χ0v) is 18.2. The van der Waals surface area contributed by atoms with Crippen LogP contribution in [-0.4, -0.2) is 63.6 Å². The summed E-state index contributed by atoms with van der Waals surface area (Å²) in [5, 5.41) is 0. The van der Waals surface area contributed by atoms with Gasteiger partial charge in [0.25, 0.3) is 0 Å². The largest absolute Gasteiger partial charge is 0.379 e.